The first kappa shape index (κ1) is 12.3. The standard InChI is InChI=1S/C12H16N4O2/c1-6(2)4-7-5-14-10(13)8-9(7)15-12(18)16(3)11(8)17/h5-6H,4H2,1-3H3,(H2,13,14)(H,15,18). The molecule has 0 radical (unpaired) electrons. The lowest BCUT2D eigenvalue weighted by atomic mass is 10.0. The summed E-state index contributed by atoms with van der Waals surface area (Å²) < 4.78 is 1.000. The largest absolute Gasteiger partial charge is 0.383 e. The van der Waals surface area contributed by atoms with E-state index in [4.69, 9.17) is 5.73 Å². The zero-order valence-electron chi connectivity index (χ0n) is 10.7. The van der Waals surface area contributed by atoms with Crippen LogP contribution in [-0.4, -0.2) is 14.5 Å². The predicted octanol–water partition coefficient (Wildman–Crippen LogP) is 0.403. The van der Waals surface area contributed by atoms with Crippen molar-refractivity contribution in [2.24, 2.45) is 13.0 Å². The van der Waals surface area contributed by atoms with E-state index in [0.29, 0.717) is 11.4 Å². The average Bonchev–Trinajstić information content (AvgIpc) is 2.29. The highest BCUT2D eigenvalue weighted by Crippen LogP contribution is 2.18. The van der Waals surface area contributed by atoms with E-state index in [1.165, 1.54) is 7.05 Å². The number of pyridine rings is 1. The number of rotatable bonds is 2. The Morgan fingerprint density at radius 3 is 2.72 bits per heavy atom. The van der Waals surface area contributed by atoms with Gasteiger partial charge in [0, 0.05) is 13.2 Å². The summed E-state index contributed by atoms with van der Waals surface area (Å²) >= 11 is 0. The van der Waals surface area contributed by atoms with Crippen LogP contribution in [0.2, 0.25) is 0 Å². The molecule has 0 fully saturated rings. The third kappa shape index (κ3) is 1.90. The van der Waals surface area contributed by atoms with Crippen LogP contribution in [0.1, 0.15) is 19.4 Å². The van der Waals surface area contributed by atoms with Gasteiger partial charge in [-0.3, -0.25) is 9.36 Å². The lowest BCUT2D eigenvalue weighted by molar-refractivity contribution is 0.647. The van der Waals surface area contributed by atoms with Crippen LogP contribution >= 0.6 is 0 Å². The molecule has 96 valence electrons. The molecule has 2 aromatic rings. The number of hydrogen-bond acceptors (Lipinski definition) is 4. The Labute approximate surface area is 103 Å². The van der Waals surface area contributed by atoms with E-state index in [1.807, 2.05) is 0 Å². The highest BCUT2D eigenvalue weighted by atomic mass is 16.2. The molecule has 0 spiro atoms. The molecule has 6 nitrogen and oxygen atoms in total. The van der Waals surface area contributed by atoms with Crippen molar-refractivity contribution in [1.29, 1.82) is 0 Å². The Morgan fingerprint density at radius 1 is 1.44 bits per heavy atom. The molecular formula is C12H16N4O2. The molecule has 0 atom stereocenters. The van der Waals surface area contributed by atoms with Gasteiger partial charge < -0.3 is 10.7 Å². The summed E-state index contributed by atoms with van der Waals surface area (Å²) in [6.07, 6.45) is 2.35. The second-order valence-electron chi connectivity index (χ2n) is 4.81. The lowest BCUT2D eigenvalue weighted by Gasteiger charge is -2.10. The van der Waals surface area contributed by atoms with E-state index in [-0.39, 0.29) is 11.2 Å². The van der Waals surface area contributed by atoms with Gasteiger partial charge in [0.2, 0.25) is 0 Å². The number of nitrogen functional groups attached to an aromatic ring is 1. The van der Waals surface area contributed by atoms with Crippen LogP contribution in [-0.2, 0) is 13.5 Å². The Hall–Kier alpha value is -2.11. The van der Waals surface area contributed by atoms with E-state index in [9.17, 15) is 9.59 Å². The molecule has 0 aliphatic rings. The topological polar surface area (TPSA) is 93.8 Å². The molecule has 0 saturated carbocycles. The van der Waals surface area contributed by atoms with Crippen LogP contribution in [0.25, 0.3) is 10.9 Å². The first-order chi connectivity index (χ1) is 8.41. The van der Waals surface area contributed by atoms with Crippen LogP contribution in [0.15, 0.2) is 15.8 Å². The van der Waals surface area contributed by atoms with Gasteiger partial charge in [0.25, 0.3) is 5.56 Å². The number of nitrogens with zero attached hydrogens (tertiary/aromatic N) is 2. The van der Waals surface area contributed by atoms with E-state index in [0.717, 1.165) is 16.6 Å². The number of H-pyrrole nitrogens is 1. The van der Waals surface area contributed by atoms with Crippen molar-refractivity contribution >= 4 is 16.7 Å². The minimum atomic E-state index is -0.442. The SMILES string of the molecule is CC(C)Cc1cnc(N)c2c(=O)n(C)c(=O)[nH]c12. The molecule has 0 bridgehead atoms. The molecule has 2 rings (SSSR count). The van der Waals surface area contributed by atoms with Gasteiger partial charge in [-0.1, -0.05) is 13.8 Å². The fourth-order valence-electron chi connectivity index (χ4n) is 1.97. The summed E-state index contributed by atoms with van der Waals surface area (Å²) in [7, 11) is 1.41. The molecule has 6 heteroatoms. The van der Waals surface area contributed by atoms with Gasteiger partial charge in [-0.25, -0.2) is 9.78 Å². The summed E-state index contributed by atoms with van der Waals surface area (Å²) in [5, 5.41) is 0.287. The third-order valence-corrected chi connectivity index (χ3v) is 2.87. The minimum absolute atomic E-state index is 0.148. The van der Waals surface area contributed by atoms with Crippen molar-refractivity contribution in [1.82, 2.24) is 14.5 Å². The van der Waals surface area contributed by atoms with Gasteiger partial charge in [-0.15, -0.1) is 0 Å². The first-order valence-corrected chi connectivity index (χ1v) is 5.78. The number of aromatic nitrogens is 3. The van der Waals surface area contributed by atoms with Gasteiger partial charge in [0.05, 0.1) is 5.52 Å². The maximum atomic E-state index is 12.0. The first-order valence-electron chi connectivity index (χ1n) is 5.78. The summed E-state index contributed by atoms with van der Waals surface area (Å²) in [6.45, 7) is 4.11. The monoisotopic (exact) mass is 248 g/mol. The fourth-order valence-corrected chi connectivity index (χ4v) is 1.97. The second kappa shape index (κ2) is 4.29. The van der Waals surface area contributed by atoms with Crippen LogP contribution in [0.4, 0.5) is 5.82 Å². The van der Waals surface area contributed by atoms with Crippen molar-refractivity contribution in [3.63, 3.8) is 0 Å². The van der Waals surface area contributed by atoms with Gasteiger partial charge in [-0.2, -0.15) is 0 Å². The quantitative estimate of drug-likeness (QED) is 0.804. The minimum Gasteiger partial charge on any atom is -0.383 e. The predicted molar refractivity (Wildman–Crippen MR) is 70.6 cm³/mol. The van der Waals surface area contributed by atoms with Crippen molar-refractivity contribution in [2.75, 3.05) is 5.73 Å². The zero-order chi connectivity index (χ0) is 13.4. The third-order valence-electron chi connectivity index (χ3n) is 2.87. The molecule has 18 heavy (non-hydrogen) atoms. The maximum Gasteiger partial charge on any atom is 0.328 e. The molecule has 0 amide bonds. The molecule has 0 saturated heterocycles. The van der Waals surface area contributed by atoms with E-state index in [1.54, 1.807) is 6.20 Å². The summed E-state index contributed by atoms with van der Waals surface area (Å²) in [6, 6.07) is 0. The van der Waals surface area contributed by atoms with Crippen LogP contribution in [0.3, 0.4) is 0 Å². The Morgan fingerprint density at radius 2 is 2.11 bits per heavy atom. The molecule has 0 aliphatic heterocycles. The molecule has 2 heterocycles. The van der Waals surface area contributed by atoms with Crippen LogP contribution < -0.4 is 17.0 Å². The Balaban J connectivity index is 2.90. The fraction of sp³-hybridized carbons (Fsp3) is 0.417. The number of anilines is 1. The van der Waals surface area contributed by atoms with Gasteiger partial charge in [0.1, 0.15) is 11.2 Å². The highest BCUT2D eigenvalue weighted by molar-refractivity contribution is 5.89. The number of nitrogens with two attached hydrogens (primary N) is 1. The van der Waals surface area contributed by atoms with Gasteiger partial charge in [-0.05, 0) is 17.9 Å². The maximum absolute atomic E-state index is 12.0. The number of hydrogen-bond donors (Lipinski definition) is 2. The Kier molecular flexibility index (Phi) is 2.94. The molecule has 0 aliphatic carbocycles. The smallest absolute Gasteiger partial charge is 0.328 e. The summed E-state index contributed by atoms with van der Waals surface area (Å²) in [5.41, 5.74) is 6.22. The molecule has 2 aromatic heterocycles. The van der Waals surface area contributed by atoms with Crippen LogP contribution in [0.5, 0.6) is 0 Å². The van der Waals surface area contributed by atoms with Gasteiger partial charge >= 0.3 is 5.69 Å². The molecular weight excluding hydrogens is 232 g/mol. The molecule has 0 unspecified atom stereocenters. The summed E-state index contributed by atoms with van der Waals surface area (Å²) in [4.78, 5) is 30.4. The van der Waals surface area contributed by atoms with Crippen LogP contribution in [0, 0.1) is 5.92 Å². The van der Waals surface area contributed by atoms with E-state index >= 15 is 0 Å². The normalized spacial score (nSPS) is 11.3. The number of fused-ring (bicyclic) bond motifs is 1. The second-order valence-corrected chi connectivity index (χ2v) is 4.81. The van der Waals surface area contributed by atoms with Crippen molar-refractivity contribution in [2.45, 2.75) is 20.3 Å². The van der Waals surface area contributed by atoms with Crippen molar-refractivity contribution < 1.29 is 0 Å². The average molecular weight is 248 g/mol. The van der Waals surface area contributed by atoms with Crippen molar-refractivity contribution in [3.8, 4) is 0 Å². The van der Waals surface area contributed by atoms with Crippen molar-refractivity contribution in [3.05, 3.63) is 32.6 Å². The highest BCUT2D eigenvalue weighted by Gasteiger charge is 2.13. The zero-order valence-corrected chi connectivity index (χ0v) is 10.7. The number of nitrogens with one attached hydrogen (secondary N) is 1. The van der Waals surface area contributed by atoms with E-state index in [2.05, 4.69) is 23.8 Å². The number of aromatic amines is 1. The van der Waals surface area contributed by atoms with Gasteiger partial charge in [0.15, 0.2) is 0 Å². The lowest BCUT2D eigenvalue weighted by Crippen LogP contribution is -2.33. The molecule has 0 aromatic carbocycles. The molecule has 3 N–H and O–H groups in total. The Bertz CT molecular complexity index is 712. The van der Waals surface area contributed by atoms with E-state index < -0.39 is 11.2 Å². The summed E-state index contributed by atoms with van der Waals surface area (Å²) in [5.74, 6) is 0.542.